The fourth-order valence-corrected chi connectivity index (χ4v) is 0.443. The lowest BCUT2D eigenvalue weighted by Gasteiger charge is -2.08. The third-order valence-electron chi connectivity index (χ3n) is 0.652. The van der Waals surface area contributed by atoms with E-state index in [1.807, 2.05) is 0 Å². The molecule has 0 fully saturated rings. The van der Waals surface area contributed by atoms with Gasteiger partial charge in [-0.15, -0.1) is 11.6 Å². The predicted molar refractivity (Wildman–Crippen MR) is 34.1 cm³/mol. The number of ether oxygens (including phenoxy) is 1. The van der Waals surface area contributed by atoms with Crippen LogP contribution in [0.4, 0.5) is 0 Å². The van der Waals surface area contributed by atoms with Crippen LogP contribution in [-0.4, -0.2) is 28.5 Å². The van der Waals surface area contributed by atoms with Gasteiger partial charge in [0.2, 0.25) is 5.56 Å². The number of halogens is 2. The Bertz CT molecular complexity index is 137. The fourth-order valence-electron chi connectivity index (χ4n) is 0.234. The molecule has 0 aromatic heterocycles. The highest BCUT2D eigenvalue weighted by Crippen LogP contribution is 2.10. The Labute approximate surface area is 66.7 Å². The zero-order valence-corrected chi connectivity index (χ0v) is 6.17. The second kappa shape index (κ2) is 4.35. The van der Waals surface area contributed by atoms with E-state index in [1.54, 1.807) is 0 Å². The summed E-state index contributed by atoms with van der Waals surface area (Å²) in [6.45, 7) is 0.0377. The van der Waals surface area contributed by atoms with Gasteiger partial charge in [-0.05, 0) is 0 Å². The maximum atomic E-state index is 10.0. The first-order valence-corrected chi connectivity index (χ1v) is 3.07. The van der Waals surface area contributed by atoms with Crippen molar-refractivity contribution in [3.63, 3.8) is 0 Å². The summed E-state index contributed by atoms with van der Waals surface area (Å²) < 4.78 is 4.04. The molecule has 0 aliphatic carbocycles. The van der Waals surface area contributed by atoms with Crippen molar-refractivity contribution in [3.8, 4) is 0 Å². The Morgan fingerprint density at radius 1 is 1.60 bits per heavy atom. The van der Waals surface area contributed by atoms with E-state index in [4.69, 9.17) is 28.3 Å². The van der Waals surface area contributed by atoms with E-state index in [1.165, 1.54) is 0 Å². The summed E-state index contributed by atoms with van der Waals surface area (Å²) in [6.07, 6.45) is 0. The molecule has 0 heterocycles. The zero-order valence-electron chi connectivity index (χ0n) is 4.66. The molecule has 4 nitrogen and oxygen atoms in total. The lowest BCUT2D eigenvalue weighted by molar-refractivity contribution is -0.140. The van der Waals surface area contributed by atoms with Gasteiger partial charge in [-0.3, -0.25) is 9.59 Å². The highest BCUT2D eigenvalue weighted by Gasteiger charge is 2.24. The van der Waals surface area contributed by atoms with Crippen molar-refractivity contribution in [1.82, 2.24) is 0 Å². The topological polar surface area (TPSA) is 63.6 Å². The first kappa shape index (κ1) is 9.52. The second-order valence-corrected chi connectivity index (χ2v) is 2.22. The van der Waals surface area contributed by atoms with E-state index >= 15 is 0 Å². The summed E-state index contributed by atoms with van der Waals surface area (Å²) >= 11 is 10.3. The Hall–Kier alpha value is -0.480. The first-order valence-electron chi connectivity index (χ1n) is 2.19. The van der Waals surface area contributed by atoms with Crippen molar-refractivity contribution in [2.45, 2.75) is 10.9 Å². The molecular formula is C4H4Cl2O4. The van der Waals surface area contributed by atoms with Crippen LogP contribution in [0.5, 0.6) is 0 Å². The molecule has 0 bridgehead atoms. The lowest BCUT2D eigenvalue weighted by Crippen LogP contribution is -2.26. The minimum absolute atomic E-state index is 0.0377. The average molecular weight is 187 g/mol. The molecular weight excluding hydrogens is 183 g/mol. The number of carboxylic acid groups (broad SMARTS) is 1. The molecule has 0 aliphatic heterocycles. The summed E-state index contributed by atoms with van der Waals surface area (Å²) in [5, 5.41) is 6.76. The summed E-state index contributed by atoms with van der Waals surface area (Å²) in [7, 11) is 0. The van der Waals surface area contributed by atoms with Crippen molar-refractivity contribution >= 4 is 35.6 Å². The van der Waals surface area contributed by atoms with Crippen LogP contribution >= 0.6 is 23.2 Å². The largest absolute Gasteiger partial charge is 0.480 e. The molecule has 0 spiro atoms. The third-order valence-corrected chi connectivity index (χ3v) is 1.55. The van der Waals surface area contributed by atoms with Gasteiger partial charge in [-0.1, -0.05) is 11.6 Å². The van der Waals surface area contributed by atoms with E-state index < -0.39 is 16.9 Å². The van der Waals surface area contributed by atoms with Gasteiger partial charge in [0.15, 0.2) is 5.38 Å². The fraction of sp³-hybridized carbons (Fsp3) is 0.500. The van der Waals surface area contributed by atoms with Crippen LogP contribution in [0.1, 0.15) is 0 Å². The Balaban J connectivity index is 3.80. The van der Waals surface area contributed by atoms with Crippen molar-refractivity contribution in [2.75, 3.05) is 0 Å². The molecule has 0 radical (unpaired) electrons. The second-order valence-electron chi connectivity index (χ2n) is 1.32. The van der Waals surface area contributed by atoms with Crippen molar-refractivity contribution < 1.29 is 19.4 Å². The van der Waals surface area contributed by atoms with Crippen LogP contribution in [0.3, 0.4) is 0 Å². The smallest absolute Gasteiger partial charge is 0.326 e. The summed E-state index contributed by atoms with van der Waals surface area (Å²) in [4.78, 5) is 19.6. The maximum Gasteiger partial charge on any atom is 0.326 e. The summed E-state index contributed by atoms with van der Waals surface area (Å²) in [5.74, 6) is -1.33. The number of hydrogen-bond acceptors (Lipinski definition) is 3. The van der Waals surface area contributed by atoms with E-state index in [9.17, 15) is 9.59 Å². The maximum absolute atomic E-state index is 10.0. The molecule has 0 rings (SSSR count). The van der Waals surface area contributed by atoms with Crippen LogP contribution in [0.25, 0.3) is 0 Å². The highest BCUT2D eigenvalue weighted by atomic mass is 35.5. The van der Waals surface area contributed by atoms with Gasteiger partial charge in [0, 0.05) is 0 Å². The molecule has 6 heteroatoms. The molecule has 0 aliphatic rings. The number of alkyl halides is 2. The van der Waals surface area contributed by atoms with E-state index in [0.717, 1.165) is 0 Å². The number of aliphatic carboxylic acids is 1. The number of hydrogen-bond donors (Lipinski definition) is 1. The SMILES string of the molecule is O=COC(Cl)C(Cl)C(=O)O. The zero-order chi connectivity index (χ0) is 8.15. The summed E-state index contributed by atoms with van der Waals surface area (Å²) in [5.41, 5.74) is -1.32. The normalized spacial score (nSPS) is 15.4. The molecule has 58 valence electrons. The Kier molecular flexibility index (Phi) is 4.14. The Morgan fingerprint density at radius 2 is 2.10 bits per heavy atom. The molecule has 0 amide bonds. The van der Waals surface area contributed by atoms with Crippen LogP contribution in [0, 0.1) is 0 Å². The molecule has 1 N–H and O–H groups in total. The number of carboxylic acids is 1. The molecule has 2 atom stereocenters. The van der Waals surface area contributed by atoms with Crippen molar-refractivity contribution in [3.05, 3.63) is 0 Å². The minimum atomic E-state index is -1.41. The molecule has 0 aromatic carbocycles. The monoisotopic (exact) mass is 186 g/mol. The standard InChI is InChI=1S/C4H4Cl2O4/c5-2(4(8)9)3(6)10-1-7/h1-3H,(H,8,9). The van der Waals surface area contributed by atoms with E-state index in [0.29, 0.717) is 0 Å². The van der Waals surface area contributed by atoms with E-state index in [2.05, 4.69) is 4.74 Å². The van der Waals surface area contributed by atoms with Gasteiger partial charge in [-0.25, -0.2) is 0 Å². The van der Waals surface area contributed by atoms with Crippen molar-refractivity contribution in [1.29, 1.82) is 0 Å². The van der Waals surface area contributed by atoms with Crippen molar-refractivity contribution in [2.24, 2.45) is 0 Å². The van der Waals surface area contributed by atoms with Gasteiger partial charge in [0.25, 0.3) is 6.47 Å². The third kappa shape index (κ3) is 2.89. The molecule has 0 saturated heterocycles. The van der Waals surface area contributed by atoms with Gasteiger partial charge in [0.05, 0.1) is 0 Å². The molecule has 0 saturated carbocycles. The van der Waals surface area contributed by atoms with E-state index in [-0.39, 0.29) is 6.47 Å². The minimum Gasteiger partial charge on any atom is -0.480 e. The number of carbonyl (C=O) groups excluding carboxylic acids is 1. The van der Waals surface area contributed by atoms with Crippen LogP contribution in [-0.2, 0) is 14.3 Å². The lowest BCUT2D eigenvalue weighted by atomic mass is 10.4. The first-order chi connectivity index (χ1) is 4.59. The van der Waals surface area contributed by atoms with Gasteiger partial charge < -0.3 is 9.84 Å². The highest BCUT2D eigenvalue weighted by molar-refractivity contribution is 6.36. The Morgan fingerprint density at radius 3 is 2.40 bits per heavy atom. The molecule has 10 heavy (non-hydrogen) atoms. The van der Waals surface area contributed by atoms with Crippen LogP contribution in [0.15, 0.2) is 0 Å². The number of rotatable bonds is 4. The van der Waals surface area contributed by atoms with Gasteiger partial charge in [0.1, 0.15) is 0 Å². The number of carbonyl (C=O) groups is 2. The van der Waals surface area contributed by atoms with Crippen LogP contribution < -0.4 is 0 Å². The molecule has 0 aromatic rings. The van der Waals surface area contributed by atoms with Gasteiger partial charge >= 0.3 is 5.97 Å². The quantitative estimate of drug-likeness (QED) is 0.511. The average Bonchev–Trinajstić information content (AvgIpc) is 1.87. The summed E-state index contributed by atoms with van der Waals surface area (Å²) in [6, 6.07) is 0. The van der Waals surface area contributed by atoms with Gasteiger partial charge in [-0.2, -0.15) is 0 Å². The van der Waals surface area contributed by atoms with Crippen LogP contribution in [0.2, 0.25) is 0 Å². The predicted octanol–water partition coefficient (Wildman–Crippen LogP) is 0.416. The molecule has 2 unspecified atom stereocenters.